The lowest BCUT2D eigenvalue weighted by Gasteiger charge is -2.72. The number of esters is 1. The van der Waals surface area contributed by atoms with Crippen molar-refractivity contribution in [2.75, 3.05) is 0 Å². The quantitative estimate of drug-likeness (QED) is 0.231. The summed E-state index contributed by atoms with van der Waals surface area (Å²) in [5, 5.41) is 13.5. The summed E-state index contributed by atoms with van der Waals surface area (Å²) in [6.07, 6.45) is 11.5. The van der Waals surface area contributed by atoms with Crippen molar-refractivity contribution in [1.82, 2.24) is 0 Å². The maximum atomic E-state index is 13.4. The standard InChI is InChI=1S/C30H47NO3/c1-25(2)14-16-30-17-15-28(6)18(22(30)23(25)34-24(30)32)8-9-20-27(5)12-11-21(31-33)26(3,4)19(27)10-13-29(20,28)7/h18-20,22-23,33H,8-17H2,1-7H3/b31-21+/t18-,19+,20-,22+,23-,27+,28-,29-,30+/m1/s1. The summed E-state index contributed by atoms with van der Waals surface area (Å²) in [6.45, 7) is 17.2. The topological polar surface area (TPSA) is 58.9 Å². The van der Waals surface area contributed by atoms with E-state index in [-0.39, 0.29) is 44.6 Å². The molecule has 6 rings (SSSR count). The summed E-state index contributed by atoms with van der Waals surface area (Å²) < 4.78 is 6.28. The number of hydrogen-bond donors (Lipinski definition) is 1. The zero-order valence-corrected chi connectivity index (χ0v) is 22.7. The molecule has 0 aromatic rings. The Morgan fingerprint density at radius 1 is 0.824 bits per heavy atom. The van der Waals surface area contributed by atoms with Gasteiger partial charge < -0.3 is 9.94 Å². The summed E-state index contributed by atoms with van der Waals surface area (Å²) >= 11 is 0. The minimum atomic E-state index is -0.200. The summed E-state index contributed by atoms with van der Waals surface area (Å²) in [6, 6.07) is 0. The monoisotopic (exact) mass is 469 g/mol. The Morgan fingerprint density at radius 2 is 1.53 bits per heavy atom. The molecule has 0 unspecified atom stereocenters. The van der Waals surface area contributed by atoms with Crippen LogP contribution in [0.25, 0.3) is 0 Å². The van der Waals surface area contributed by atoms with Gasteiger partial charge in [-0.15, -0.1) is 0 Å². The molecule has 9 atom stereocenters. The predicted octanol–water partition coefficient (Wildman–Crippen LogP) is 7.23. The molecule has 5 saturated carbocycles. The number of nitrogens with zero attached hydrogens (tertiary/aromatic N) is 1. The van der Waals surface area contributed by atoms with Gasteiger partial charge in [-0.3, -0.25) is 4.79 Å². The average molecular weight is 470 g/mol. The molecule has 0 aromatic heterocycles. The second-order valence-electron chi connectivity index (χ2n) is 15.4. The Balaban J connectivity index is 1.41. The molecule has 4 heteroatoms. The summed E-state index contributed by atoms with van der Waals surface area (Å²) in [5.74, 6) is 2.40. The molecule has 1 aliphatic heterocycles. The van der Waals surface area contributed by atoms with E-state index in [0.29, 0.717) is 23.7 Å². The molecule has 0 spiro atoms. The van der Waals surface area contributed by atoms with Crippen LogP contribution in [0.1, 0.15) is 113 Å². The predicted molar refractivity (Wildman–Crippen MR) is 134 cm³/mol. The van der Waals surface area contributed by atoms with Crippen molar-refractivity contribution in [2.24, 2.45) is 61.3 Å². The van der Waals surface area contributed by atoms with Gasteiger partial charge in [0.15, 0.2) is 0 Å². The number of hydrogen-bond acceptors (Lipinski definition) is 4. The number of oxime groups is 1. The Morgan fingerprint density at radius 3 is 2.24 bits per heavy atom. The molecule has 5 aliphatic carbocycles. The van der Waals surface area contributed by atoms with Crippen molar-refractivity contribution in [2.45, 2.75) is 119 Å². The number of ether oxygens (including phenoxy) is 1. The highest BCUT2D eigenvalue weighted by atomic mass is 16.6. The average Bonchev–Trinajstić information content (AvgIpc) is 3.01. The molecule has 0 radical (unpaired) electrons. The third-order valence-corrected chi connectivity index (χ3v) is 14.0. The number of rotatable bonds is 0. The molecule has 1 saturated heterocycles. The molecule has 6 aliphatic rings. The van der Waals surface area contributed by atoms with E-state index in [0.717, 1.165) is 37.8 Å². The van der Waals surface area contributed by atoms with Crippen molar-refractivity contribution in [3.63, 3.8) is 0 Å². The second-order valence-corrected chi connectivity index (χ2v) is 15.4. The fraction of sp³-hybridized carbons (Fsp3) is 0.933. The van der Waals surface area contributed by atoms with Crippen LogP contribution in [0.15, 0.2) is 5.16 Å². The largest absolute Gasteiger partial charge is 0.461 e. The molecule has 0 aromatic carbocycles. The van der Waals surface area contributed by atoms with E-state index >= 15 is 0 Å². The van der Waals surface area contributed by atoms with E-state index in [1.807, 2.05) is 0 Å². The number of fused-ring (bicyclic) bond motifs is 5. The Bertz CT molecular complexity index is 953. The molecular formula is C30H47NO3. The van der Waals surface area contributed by atoms with Gasteiger partial charge in [-0.25, -0.2) is 0 Å². The van der Waals surface area contributed by atoms with Gasteiger partial charge >= 0.3 is 5.97 Å². The van der Waals surface area contributed by atoms with Crippen molar-refractivity contribution >= 4 is 11.7 Å². The summed E-state index contributed by atoms with van der Waals surface area (Å²) in [5.41, 5.74) is 1.69. The second kappa shape index (κ2) is 6.62. The Labute approximate surface area is 206 Å². The van der Waals surface area contributed by atoms with Gasteiger partial charge in [-0.2, -0.15) is 0 Å². The van der Waals surface area contributed by atoms with Crippen LogP contribution < -0.4 is 0 Å². The number of carbonyl (C=O) groups is 1. The highest BCUT2D eigenvalue weighted by molar-refractivity contribution is 5.90. The first-order valence-electron chi connectivity index (χ1n) is 14.2. The Kier molecular flexibility index (Phi) is 4.55. The molecule has 34 heavy (non-hydrogen) atoms. The smallest absolute Gasteiger partial charge is 0.312 e. The fourth-order valence-electron chi connectivity index (χ4n) is 11.8. The van der Waals surface area contributed by atoms with Crippen LogP contribution in [-0.4, -0.2) is 23.0 Å². The first-order valence-corrected chi connectivity index (χ1v) is 14.2. The Hall–Kier alpha value is -1.06. The van der Waals surface area contributed by atoms with E-state index in [2.05, 4.69) is 53.6 Å². The van der Waals surface area contributed by atoms with Crippen LogP contribution in [0.2, 0.25) is 0 Å². The first-order chi connectivity index (χ1) is 15.8. The van der Waals surface area contributed by atoms with Gasteiger partial charge in [0.1, 0.15) is 6.10 Å². The van der Waals surface area contributed by atoms with Gasteiger partial charge in [-0.1, -0.05) is 53.6 Å². The molecule has 2 bridgehead atoms. The first kappa shape index (κ1) is 23.3. The van der Waals surface area contributed by atoms with Gasteiger partial charge in [0.05, 0.1) is 11.1 Å². The van der Waals surface area contributed by atoms with E-state index in [4.69, 9.17) is 4.74 Å². The van der Waals surface area contributed by atoms with Crippen LogP contribution in [0, 0.1) is 56.2 Å². The van der Waals surface area contributed by atoms with E-state index in [1.54, 1.807) is 0 Å². The highest BCUT2D eigenvalue weighted by Crippen LogP contribution is 2.78. The lowest BCUT2D eigenvalue weighted by Crippen LogP contribution is -2.67. The van der Waals surface area contributed by atoms with Gasteiger partial charge in [0.25, 0.3) is 0 Å². The molecule has 1 heterocycles. The van der Waals surface area contributed by atoms with Crippen molar-refractivity contribution in [3.8, 4) is 0 Å². The summed E-state index contributed by atoms with van der Waals surface area (Å²) in [7, 11) is 0. The third kappa shape index (κ3) is 2.43. The van der Waals surface area contributed by atoms with Crippen LogP contribution in [0.5, 0.6) is 0 Å². The molecule has 6 fully saturated rings. The lowest BCUT2D eigenvalue weighted by atomic mass is 9.31. The van der Waals surface area contributed by atoms with Crippen LogP contribution in [0.4, 0.5) is 0 Å². The van der Waals surface area contributed by atoms with Gasteiger partial charge in [-0.05, 0) is 98.2 Å². The third-order valence-electron chi connectivity index (χ3n) is 14.0. The minimum absolute atomic E-state index is 0.0375. The highest BCUT2D eigenvalue weighted by Gasteiger charge is 2.75. The maximum absolute atomic E-state index is 13.4. The van der Waals surface area contributed by atoms with Crippen molar-refractivity contribution < 1.29 is 14.7 Å². The van der Waals surface area contributed by atoms with Crippen molar-refractivity contribution in [1.29, 1.82) is 0 Å². The van der Waals surface area contributed by atoms with Crippen LogP contribution in [-0.2, 0) is 9.53 Å². The molecule has 4 nitrogen and oxygen atoms in total. The molecule has 0 amide bonds. The van der Waals surface area contributed by atoms with Crippen LogP contribution >= 0.6 is 0 Å². The number of carbonyl (C=O) groups excluding carboxylic acids is 1. The zero-order valence-electron chi connectivity index (χ0n) is 22.7. The van der Waals surface area contributed by atoms with Crippen LogP contribution in [0.3, 0.4) is 0 Å². The molecular weight excluding hydrogens is 422 g/mol. The van der Waals surface area contributed by atoms with E-state index in [9.17, 15) is 10.0 Å². The molecule has 190 valence electrons. The summed E-state index contributed by atoms with van der Waals surface area (Å²) in [4.78, 5) is 13.4. The normalized spacial score (nSPS) is 56.0. The maximum Gasteiger partial charge on any atom is 0.312 e. The van der Waals surface area contributed by atoms with E-state index in [1.165, 1.54) is 32.1 Å². The lowest BCUT2D eigenvalue weighted by molar-refractivity contribution is -0.235. The minimum Gasteiger partial charge on any atom is -0.461 e. The molecule has 1 N–H and O–H groups in total. The van der Waals surface area contributed by atoms with E-state index < -0.39 is 0 Å². The van der Waals surface area contributed by atoms with Crippen molar-refractivity contribution in [3.05, 3.63) is 0 Å². The fourth-order valence-corrected chi connectivity index (χ4v) is 11.8. The zero-order chi connectivity index (χ0) is 24.5. The SMILES string of the molecule is CC1(C)CC[C@]23CC[C@]4(C)[C@H](CC[C@@H]5[C@@]6(C)CC/C(=N\O)C(C)(C)[C@@H]6CC[C@]54C)[C@H]2[C@H]1OC3=O. The van der Waals surface area contributed by atoms with Gasteiger partial charge in [0.2, 0.25) is 0 Å². The van der Waals surface area contributed by atoms with Gasteiger partial charge in [0, 0.05) is 16.7 Å².